The highest BCUT2D eigenvalue weighted by Crippen LogP contribution is 2.21. The largest absolute Gasteiger partial charge is 0.480 e. The first-order chi connectivity index (χ1) is 12.4. The molecule has 2 heterocycles. The van der Waals surface area contributed by atoms with Crippen LogP contribution in [0.3, 0.4) is 0 Å². The van der Waals surface area contributed by atoms with Crippen molar-refractivity contribution < 1.29 is 14.7 Å². The molecule has 3 rings (SSSR count). The maximum Gasteiger partial charge on any atom is 0.325 e. The molecule has 9 nitrogen and oxygen atoms in total. The number of carboxylic acids is 1. The normalized spacial score (nSPS) is 10.7. The third-order valence-electron chi connectivity index (χ3n) is 3.28. The molecule has 1 aromatic carbocycles. The van der Waals surface area contributed by atoms with Crippen molar-refractivity contribution in [1.82, 2.24) is 24.5 Å². The Labute approximate surface area is 157 Å². The van der Waals surface area contributed by atoms with Crippen LogP contribution in [0.5, 0.6) is 0 Å². The van der Waals surface area contributed by atoms with Crippen molar-refractivity contribution in [3.63, 3.8) is 0 Å². The first kappa shape index (κ1) is 17.9. The average molecular weight is 395 g/mol. The lowest BCUT2D eigenvalue weighted by atomic mass is 10.2. The summed E-state index contributed by atoms with van der Waals surface area (Å²) in [5.41, 5.74) is 0.856. The third-order valence-corrected chi connectivity index (χ3v) is 3.87. The number of aromatic nitrogens is 5. The van der Waals surface area contributed by atoms with Crippen molar-refractivity contribution in [3.05, 3.63) is 58.1 Å². The van der Waals surface area contributed by atoms with Crippen LogP contribution < -0.4 is 5.32 Å². The lowest BCUT2D eigenvalue weighted by Crippen LogP contribution is -2.16. The molecule has 0 aliphatic rings. The fourth-order valence-corrected chi connectivity index (χ4v) is 2.60. The molecular weight excluding hydrogens is 383 g/mol. The molecule has 0 radical (unpaired) electrons. The summed E-state index contributed by atoms with van der Waals surface area (Å²) in [7, 11) is 0. The Kier molecular flexibility index (Phi) is 5.19. The highest BCUT2D eigenvalue weighted by molar-refractivity contribution is 6.35. The molecule has 11 heteroatoms. The van der Waals surface area contributed by atoms with Crippen LogP contribution in [-0.2, 0) is 17.9 Å². The Morgan fingerprint density at radius 2 is 1.96 bits per heavy atom. The second-order valence-electron chi connectivity index (χ2n) is 5.25. The number of benzene rings is 1. The van der Waals surface area contributed by atoms with Gasteiger partial charge in [0.2, 0.25) is 5.95 Å². The fourth-order valence-electron chi connectivity index (χ4n) is 2.13. The van der Waals surface area contributed by atoms with E-state index < -0.39 is 11.9 Å². The van der Waals surface area contributed by atoms with E-state index in [9.17, 15) is 9.59 Å². The van der Waals surface area contributed by atoms with Gasteiger partial charge in [0, 0.05) is 16.2 Å². The first-order valence-electron chi connectivity index (χ1n) is 7.30. The van der Waals surface area contributed by atoms with Crippen LogP contribution in [0.1, 0.15) is 16.1 Å². The van der Waals surface area contributed by atoms with Crippen molar-refractivity contribution in [2.24, 2.45) is 0 Å². The van der Waals surface area contributed by atoms with E-state index in [0.29, 0.717) is 16.6 Å². The number of halogens is 2. The standard InChI is InChI=1S/C15H12Cl2N6O3/c16-10-2-1-9(11(17)5-10)6-23-8-18-15(21-23)19-14(26)12-3-4-22(20-12)7-13(24)25/h1-5,8H,6-7H2,(H,24,25)(H,19,21,26). The van der Waals surface area contributed by atoms with Gasteiger partial charge < -0.3 is 5.11 Å². The predicted molar refractivity (Wildman–Crippen MR) is 93.4 cm³/mol. The molecule has 0 fully saturated rings. The Bertz CT molecular complexity index is 968. The summed E-state index contributed by atoms with van der Waals surface area (Å²) < 4.78 is 2.65. The molecule has 134 valence electrons. The van der Waals surface area contributed by atoms with E-state index in [-0.39, 0.29) is 18.2 Å². The minimum absolute atomic E-state index is 0.0587. The first-order valence-corrected chi connectivity index (χ1v) is 8.06. The number of carbonyl (C=O) groups is 2. The van der Waals surface area contributed by atoms with Gasteiger partial charge in [-0.15, -0.1) is 5.10 Å². The zero-order valence-corrected chi connectivity index (χ0v) is 14.6. The van der Waals surface area contributed by atoms with E-state index in [2.05, 4.69) is 20.5 Å². The van der Waals surface area contributed by atoms with Crippen molar-refractivity contribution in [1.29, 1.82) is 0 Å². The number of anilines is 1. The average Bonchev–Trinajstić information content (AvgIpc) is 3.19. The number of carboxylic acid groups (broad SMARTS) is 1. The van der Waals surface area contributed by atoms with Crippen LogP contribution in [0.4, 0.5) is 5.95 Å². The molecular formula is C15H12Cl2N6O3. The number of hydrogen-bond donors (Lipinski definition) is 2. The number of carbonyl (C=O) groups excluding carboxylic acids is 1. The maximum atomic E-state index is 12.1. The third kappa shape index (κ3) is 4.38. The summed E-state index contributed by atoms with van der Waals surface area (Å²) in [4.78, 5) is 26.7. The van der Waals surface area contributed by atoms with Gasteiger partial charge in [-0.1, -0.05) is 29.3 Å². The fraction of sp³-hybridized carbons (Fsp3) is 0.133. The van der Waals surface area contributed by atoms with Gasteiger partial charge in [0.15, 0.2) is 5.69 Å². The molecule has 2 N–H and O–H groups in total. The van der Waals surface area contributed by atoms with E-state index in [0.717, 1.165) is 10.2 Å². The monoisotopic (exact) mass is 394 g/mol. The quantitative estimate of drug-likeness (QED) is 0.661. The van der Waals surface area contributed by atoms with Crippen LogP contribution in [0.2, 0.25) is 10.0 Å². The van der Waals surface area contributed by atoms with Crippen molar-refractivity contribution in [2.45, 2.75) is 13.1 Å². The highest BCUT2D eigenvalue weighted by atomic mass is 35.5. The SMILES string of the molecule is O=C(O)Cn1ccc(C(=O)Nc2ncn(Cc3ccc(Cl)cc3Cl)n2)n1. The molecule has 0 aliphatic heterocycles. The molecule has 1 amide bonds. The summed E-state index contributed by atoms with van der Waals surface area (Å²) >= 11 is 12.0. The van der Waals surface area contributed by atoms with E-state index in [1.54, 1.807) is 18.2 Å². The van der Waals surface area contributed by atoms with Crippen LogP contribution in [0, 0.1) is 0 Å². The molecule has 26 heavy (non-hydrogen) atoms. The topological polar surface area (TPSA) is 115 Å². The molecule has 3 aromatic rings. The summed E-state index contributed by atoms with van der Waals surface area (Å²) in [6.07, 6.45) is 2.85. The zero-order valence-electron chi connectivity index (χ0n) is 13.1. The van der Waals surface area contributed by atoms with Gasteiger partial charge in [0.05, 0.1) is 6.54 Å². The van der Waals surface area contributed by atoms with Gasteiger partial charge in [0.1, 0.15) is 12.9 Å². The maximum absolute atomic E-state index is 12.1. The van der Waals surface area contributed by atoms with Crippen LogP contribution >= 0.6 is 23.2 Å². The molecule has 0 spiro atoms. The summed E-state index contributed by atoms with van der Waals surface area (Å²) in [6, 6.07) is 6.53. The van der Waals surface area contributed by atoms with Gasteiger partial charge in [-0.25, -0.2) is 9.67 Å². The molecule has 0 bridgehead atoms. The van der Waals surface area contributed by atoms with Crippen LogP contribution in [0.15, 0.2) is 36.8 Å². The lowest BCUT2D eigenvalue weighted by molar-refractivity contribution is -0.137. The van der Waals surface area contributed by atoms with Gasteiger partial charge >= 0.3 is 5.97 Å². The molecule has 0 atom stereocenters. The number of aliphatic carboxylic acids is 1. The van der Waals surface area contributed by atoms with Crippen molar-refractivity contribution >= 4 is 41.0 Å². The van der Waals surface area contributed by atoms with E-state index in [1.165, 1.54) is 23.3 Å². The Balaban J connectivity index is 1.65. The second-order valence-corrected chi connectivity index (χ2v) is 6.09. The smallest absolute Gasteiger partial charge is 0.325 e. The summed E-state index contributed by atoms with van der Waals surface area (Å²) in [5.74, 6) is -1.51. The Morgan fingerprint density at radius 3 is 2.69 bits per heavy atom. The number of rotatable bonds is 6. The van der Waals surface area contributed by atoms with Gasteiger partial charge in [0.25, 0.3) is 5.91 Å². The number of amides is 1. The zero-order chi connectivity index (χ0) is 18.7. The summed E-state index contributed by atoms with van der Waals surface area (Å²) in [6.45, 7) is 0.0219. The van der Waals surface area contributed by atoms with Crippen molar-refractivity contribution in [3.8, 4) is 0 Å². The van der Waals surface area contributed by atoms with Crippen LogP contribution in [0.25, 0.3) is 0 Å². The minimum atomic E-state index is -1.05. The van der Waals surface area contributed by atoms with Crippen LogP contribution in [-0.4, -0.2) is 41.5 Å². The predicted octanol–water partition coefficient (Wildman–Crippen LogP) is 2.17. The molecule has 2 aromatic heterocycles. The van der Waals surface area contributed by atoms with Gasteiger partial charge in [-0.3, -0.25) is 19.6 Å². The Hall–Kier alpha value is -2.91. The molecule has 0 saturated heterocycles. The van der Waals surface area contributed by atoms with E-state index in [1.807, 2.05) is 0 Å². The number of nitrogens with one attached hydrogen (secondary N) is 1. The van der Waals surface area contributed by atoms with Gasteiger partial charge in [-0.2, -0.15) is 5.10 Å². The molecule has 0 aliphatic carbocycles. The van der Waals surface area contributed by atoms with E-state index >= 15 is 0 Å². The van der Waals surface area contributed by atoms with Gasteiger partial charge in [-0.05, 0) is 23.8 Å². The molecule has 0 unspecified atom stereocenters. The van der Waals surface area contributed by atoms with Crippen molar-refractivity contribution in [2.75, 3.05) is 5.32 Å². The minimum Gasteiger partial charge on any atom is -0.480 e. The number of nitrogens with zero attached hydrogens (tertiary/aromatic N) is 5. The highest BCUT2D eigenvalue weighted by Gasteiger charge is 2.13. The molecule has 0 saturated carbocycles. The second kappa shape index (κ2) is 7.54. The van der Waals surface area contributed by atoms with E-state index in [4.69, 9.17) is 28.3 Å². The number of hydrogen-bond acceptors (Lipinski definition) is 5. The Morgan fingerprint density at radius 1 is 1.15 bits per heavy atom. The lowest BCUT2D eigenvalue weighted by Gasteiger charge is -2.04. The summed E-state index contributed by atoms with van der Waals surface area (Å²) in [5, 5.41) is 20.3.